The summed E-state index contributed by atoms with van der Waals surface area (Å²) in [6.07, 6.45) is 1.01. The number of H-pyrrole nitrogens is 1. The summed E-state index contributed by atoms with van der Waals surface area (Å²) >= 11 is 0. The maximum Gasteiger partial charge on any atom is 0.392 e. The highest BCUT2D eigenvalue weighted by Gasteiger charge is 2.47. The molecule has 0 bridgehead atoms. The third-order valence-electron chi connectivity index (χ3n) is 3.77. The van der Waals surface area contributed by atoms with Gasteiger partial charge in [0.25, 0.3) is 0 Å². The fourth-order valence-electron chi connectivity index (χ4n) is 2.71. The van der Waals surface area contributed by atoms with E-state index in [1.807, 2.05) is 0 Å². The van der Waals surface area contributed by atoms with Crippen LogP contribution >= 0.6 is 0 Å². The van der Waals surface area contributed by atoms with Crippen molar-refractivity contribution in [3.8, 4) is 0 Å². The van der Waals surface area contributed by atoms with Crippen molar-refractivity contribution in [1.82, 2.24) is 15.3 Å². The molecule has 2 atom stereocenters. The molecule has 20 heavy (non-hydrogen) atoms. The zero-order chi connectivity index (χ0) is 14.6. The Hall–Kier alpha value is -1.53. The lowest BCUT2D eigenvalue weighted by Crippen LogP contribution is -2.43. The zero-order valence-electron chi connectivity index (χ0n) is 11.0. The largest absolute Gasteiger partial charge is 0.392 e. The standard InChI is InChI=1S/C13H18F3N3O/c14-13(15,16)11-4-2-1-3-10(11)12(20)18-6-5-9-7-17-8-19-9/h7-8,10-11H,1-6H2,(H,17,19)(H,18,20). The smallest absolute Gasteiger partial charge is 0.355 e. The Morgan fingerprint density at radius 3 is 2.80 bits per heavy atom. The molecule has 0 aromatic carbocycles. The van der Waals surface area contributed by atoms with Crippen LogP contribution in [-0.2, 0) is 11.2 Å². The Balaban J connectivity index is 1.86. The second-order valence-electron chi connectivity index (χ2n) is 5.16. The minimum atomic E-state index is -4.29. The molecule has 4 nitrogen and oxygen atoms in total. The molecule has 2 N–H and O–H groups in total. The molecule has 0 spiro atoms. The highest BCUT2D eigenvalue weighted by atomic mass is 19.4. The van der Waals surface area contributed by atoms with Gasteiger partial charge in [-0.25, -0.2) is 4.98 Å². The van der Waals surface area contributed by atoms with Gasteiger partial charge in [0.15, 0.2) is 0 Å². The van der Waals surface area contributed by atoms with Crippen molar-refractivity contribution < 1.29 is 18.0 Å². The summed E-state index contributed by atoms with van der Waals surface area (Å²) in [7, 11) is 0. The van der Waals surface area contributed by atoms with E-state index in [1.165, 1.54) is 6.33 Å². The molecule has 2 unspecified atom stereocenters. The summed E-state index contributed by atoms with van der Waals surface area (Å²) < 4.78 is 38.7. The lowest BCUT2D eigenvalue weighted by molar-refractivity contribution is -0.198. The first-order valence-corrected chi connectivity index (χ1v) is 6.80. The number of carbonyl (C=O) groups is 1. The molecule has 0 saturated heterocycles. The number of hydrogen-bond donors (Lipinski definition) is 2. The molecule has 0 aliphatic heterocycles. The van der Waals surface area contributed by atoms with Crippen molar-refractivity contribution in [3.05, 3.63) is 18.2 Å². The lowest BCUT2D eigenvalue weighted by atomic mass is 9.78. The van der Waals surface area contributed by atoms with Crippen molar-refractivity contribution in [2.45, 2.75) is 38.3 Å². The summed E-state index contributed by atoms with van der Waals surface area (Å²) in [6.45, 7) is 0.322. The molecule has 7 heteroatoms. The van der Waals surface area contributed by atoms with Crippen LogP contribution in [0.2, 0.25) is 0 Å². The molecule has 1 heterocycles. The first kappa shape index (κ1) is 14.9. The minimum Gasteiger partial charge on any atom is -0.355 e. The second-order valence-corrected chi connectivity index (χ2v) is 5.16. The highest BCUT2D eigenvalue weighted by molar-refractivity contribution is 5.79. The van der Waals surface area contributed by atoms with Gasteiger partial charge in [-0.15, -0.1) is 0 Å². The van der Waals surface area contributed by atoms with Gasteiger partial charge >= 0.3 is 6.18 Å². The zero-order valence-corrected chi connectivity index (χ0v) is 11.0. The molecule has 0 radical (unpaired) electrons. The van der Waals surface area contributed by atoms with Crippen LogP contribution in [0.5, 0.6) is 0 Å². The van der Waals surface area contributed by atoms with Gasteiger partial charge in [0.1, 0.15) is 0 Å². The maximum absolute atomic E-state index is 12.9. The minimum absolute atomic E-state index is 0.0577. The fraction of sp³-hybridized carbons (Fsp3) is 0.692. The number of aromatic amines is 1. The van der Waals surface area contributed by atoms with Crippen LogP contribution < -0.4 is 5.32 Å². The quantitative estimate of drug-likeness (QED) is 0.894. The van der Waals surface area contributed by atoms with E-state index in [0.717, 1.165) is 5.69 Å². The van der Waals surface area contributed by atoms with Gasteiger partial charge < -0.3 is 10.3 Å². The molecule has 1 aromatic rings. The average molecular weight is 289 g/mol. The molecule has 112 valence electrons. The van der Waals surface area contributed by atoms with Gasteiger partial charge in [0.2, 0.25) is 5.91 Å². The Bertz CT molecular complexity index is 431. The van der Waals surface area contributed by atoms with Gasteiger partial charge in [-0.3, -0.25) is 4.79 Å². The number of hydrogen-bond acceptors (Lipinski definition) is 2. The van der Waals surface area contributed by atoms with Crippen molar-refractivity contribution in [2.75, 3.05) is 6.54 Å². The Morgan fingerprint density at radius 1 is 1.40 bits per heavy atom. The number of imidazole rings is 1. The monoisotopic (exact) mass is 289 g/mol. The number of nitrogens with one attached hydrogen (secondary N) is 2. The van der Waals surface area contributed by atoms with E-state index in [-0.39, 0.29) is 6.42 Å². The highest BCUT2D eigenvalue weighted by Crippen LogP contribution is 2.41. The van der Waals surface area contributed by atoms with E-state index in [1.54, 1.807) is 6.20 Å². The number of rotatable bonds is 4. The van der Waals surface area contributed by atoms with Crippen molar-refractivity contribution >= 4 is 5.91 Å². The molecule has 1 fully saturated rings. The molecule has 1 aliphatic carbocycles. The van der Waals surface area contributed by atoms with E-state index >= 15 is 0 Å². The molecule has 1 saturated carbocycles. The number of carbonyl (C=O) groups excluding carboxylic acids is 1. The predicted octanol–water partition coefficient (Wildman–Crippen LogP) is 2.44. The second kappa shape index (κ2) is 6.28. The number of amides is 1. The predicted molar refractivity (Wildman–Crippen MR) is 66.8 cm³/mol. The Kier molecular flexibility index (Phi) is 4.67. The van der Waals surface area contributed by atoms with Crippen molar-refractivity contribution in [3.63, 3.8) is 0 Å². The molecule has 1 aromatic heterocycles. The normalized spacial score (nSPS) is 23.6. The number of halogens is 3. The van der Waals surface area contributed by atoms with E-state index in [9.17, 15) is 18.0 Å². The summed E-state index contributed by atoms with van der Waals surface area (Å²) in [6, 6.07) is 0. The van der Waals surface area contributed by atoms with Crippen LogP contribution in [0, 0.1) is 11.8 Å². The molecular weight excluding hydrogens is 271 g/mol. The maximum atomic E-state index is 12.9. The number of alkyl halides is 3. The van der Waals surface area contributed by atoms with Gasteiger partial charge in [-0.05, 0) is 12.8 Å². The fourth-order valence-corrected chi connectivity index (χ4v) is 2.71. The van der Waals surface area contributed by atoms with Gasteiger partial charge in [-0.1, -0.05) is 12.8 Å². The third-order valence-corrected chi connectivity index (χ3v) is 3.77. The SMILES string of the molecule is O=C(NCCc1cnc[nH]1)C1CCCCC1C(F)(F)F. The topological polar surface area (TPSA) is 57.8 Å². The van der Waals surface area contributed by atoms with E-state index < -0.39 is 23.9 Å². The summed E-state index contributed by atoms with van der Waals surface area (Å²) in [5, 5.41) is 2.61. The third kappa shape index (κ3) is 3.74. The molecular formula is C13H18F3N3O. The van der Waals surface area contributed by atoms with Crippen LogP contribution in [-0.4, -0.2) is 28.6 Å². The Labute approximate surface area is 115 Å². The molecule has 2 rings (SSSR count). The summed E-state index contributed by atoms with van der Waals surface area (Å²) in [5.74, 6) is -2.92. The van der Waals surface area contributed by atoms with Gasteiger partial charge in [0.05, 0.1) is 12.2 Å². The molecule has 1 aliphatic rings. The van der Waals surface area contributed by atoms with Gasteiger partial charge in [0, 0.05) is 30.8 Å². The average Bonchev–Trinajstić information content (AvgIpc) is 2.91. The van der Waals surface area contributed by atoms with Crippen LogP contribution in [0.15, 0.2) is 12.5 Å². The van der Waals surface area contributed by atoms with Crippen molar-refractivity contribution in [2.24, 2.45) is 11.8 Å². The Morgan fingerprint density at radius 2 is 2.15 bits per heavy atom. The van der Waals surface area contributed by atoms with E-state index in [4.69, 9.17) is 0 Å². The lowest BCUT2D eigenvalue weighted by Gasteiger charge is -2.31. The van der Waals surface area contributed by atoms with Crippen LogP contribution in [0.1, 0.15) is 31.4 Å². The van der Waals surface area contributed by atoms with Crippen LogP contribution in [0.3, 0.4) is 0 Å². The molecule has 1 amide bonds. The first-order valence-electron chi connectivity index (χ1n) is 6.80. The first-order chi connectivity index (χ1) is 9.48. The van der Waals surface area contributed by atoms with Crippen LogP contribution in [0.4, 0.5) is 13.2 Å². The summed E-state index contributed by atoms with van der Waals surface area (Å²) in [5.41, 5.74) is 0.848. The van der Waals surface area contributed by atoms with Gasteiger partial charge in [-0.2, -0.15) is 13.2 Å². The number of aromatic nitrogens is 2. The van der Waals surface area contributed by atoms with Crippen LogP contribution in [0.25, 0.3) is 0 Å². The van der Waals surface area contributed by atoms with E-state index in [2.05, 4.69) is 15.3 Å². The van der Waals surface area contributed by atoms with E-state index in [0.29, 0.717) is 32.2 Å². The van der Waals surface area contributed by atoms with Crippen molar-refractivity contribution in [1.29, 1.82) is 0 Å². The summed E-state index contributed by atoms with van der Waals surface area (Å²) in [4.78, 5) is 18.7. The number of nitrogens with zero attached hydrogens (tertiary/aromatic N) is 1.